The van der Waals surface area contributed by atoms with Crippen LogP contribution in [0.15, 0.2) is 0 Å². The Balaban J connectivity index is 4.38. The first-order chi connectivity index (χ1) is 6.10. The van der Waals surface area contributed by atoms with Crippen LogP contribution in [0.5, 0.6) is 0 Å². The molecule has 0 aliphatic rings. The highest BCUT2D eigenvalue weighted by Crippen LogP contribution is 2.15. The Hall–Kier alpha value is -0.920. The molecule has 0 aliphatic heterocycles. The van der Waals surface area contributed by atoms with E-state index >= 15 is 0 Å². The van der Waals surface area contributed by atoms with E-state index in [-0.39, 0.29) is 12.2 Å². The molecule has 4 nitrogen and oxygen atoms in total. The summed E-state index contributed by atoms with van der Waals surface area (Å²) in [5.41, 5.74) is 0. The summed E-state index contributed by atoms with van der Waals surface area (Å²) in [6.45, 7) is 5.86. The highest BCUT2D eigenvalue weighted by Gasteiger charge is 2.33. The van der Waals surface area contributed by atoms with Crippen molar-refractivity contribution in [3.05, 3.63) is 0 Å². The van der Waals surface area contributed by atoms with Crippen molar-refractivity contribution in [2.45, 2.75) is 33.0 Å². The lowest BCUT2D eigenvalue weighted by atomic mass is 10.1. The van der Waals surface area contributed by atoms with Gasteiger partial charge in [-0.05, 0) is 20.8 Å². The number of nitriles is 1. The van der Waals surface area contributed by atoms with Crippen LogP contribution in [0.1, 0.15) is 27.2 Å². The van der Waals surface area contributed by atoms with Gasteiger partial charge in [0.05, 0.1) is 12.5 Å². The van der Waals surface area contributed by atoms with Gasteiger partial charge >= 0.3 is 0 Å². The summed E-state index contributed by atoms with van der Waals surface area (Å²) in [5, 5.41) is 8.35. The van der Waals surface area contributed by atoms with Crippen LogP contribution in [-0.4, -0.2) is 24.8 Å². The Morgan fingerprint density at radius 3 is 2.15 bits per heavy atom. The molecule has 0 aromatic carbocycles. The number of ether oxygens (including phenoxy) is 2. The zero-order chi connectivity index (χ0) is 10.3. The van der Waals surface area contributed by atoms with Crippen LogP contribution in [0, 0.1) is 11.3 Å². The summed E-state index contributed by atoms with van der Waals surface area (Å²) >= 11 is 0. The van der Waals surface area contributed by atoms with Crippen LogP contribution < -0.4 is 0 Å². The molecule has 0 heterocycles. The van der Waals surface area contributed by atoms with Gasteiger partial charge in [-0.25, -0.2) is 0 Å². The molecule has 0 aliphatic carbocycles. The van der Waals surface area contributed by atoms with E-state index in [4.69, 9.17) is 14.7 Å². The summed E-state index contributed by atoms with van der Waals surface area (Å²) in [6.07, 6.45) is -0.184. The third-order valence-corrected chi connectivity index (χ3v) is 1.59. The van der Waals surface area contributed by atoms with Crippen molar-refractivity contribution < 1.29 is 14.3 Å². The Labute approximate surface area is 78.4 Å². The van der Waals surface area contributed by atoms with Crippen molar-refractivity contribution >= 4 is 5.78 Å². The van der Waals surface area contributed by atoms with Gasteiger partial charge in [0, 0.05) is 13.2 Å². The molecule has 0 unspecified atom stereocenters. The zero-order valence-electron chi connectivity index (χ0n) is 8.29. The second kappa shape index (κ2) is 5.68. The van der Waals surface area contributed by atoms with Gasteiger partial charge in [0.1, 0.15) is 0 Å². The number of nitrogens with zero attached hydrogens (tertiary/aromatic N) is 1. The molecule has 13 heavy (non-hydrogen) atoms. The number of ketones is 1. The molecule has 4 heteroatoms. The smallest absolute Gasteiger partial charge is 0.227 e. The molecule has 0 bridgehead atoms. The van der Waals surface area contributed by atoms with Crippen molar-refractivity contribution in [3.63, 3.8) is 0 Å². The maximum absolute atomic E-state index is 11.4. The maximum Gasteiger partial charge on any atom is 0.227 e. The topological polar surface area (TPSA) is 59.3 Å². The van der Waals surface area contributed by atoms with Crippen LogP contribution in [0.3, 0.4) is 0 Å². The minimum absolute atomic E-state index is 0.184. The monoisotopic (exact) mass is 185 g/mol. The number of Topliss-reactive ketones (excluding diaryl/α,β-unsaturated/α-hetero) is 1. The molecule has 0 saturated heterocycles. The molecule has 0 radical (unpaired) electrons. The van der Waals surface area contributed by atoms with E-state index < -0.39 is 5.79 Å². The fourth-order valence-corrected chi connectivity index (χ4v) is 0.986. The molecule has 0 aromatic heterocycles. The lowest BCUT2D eigenvalue weighted by molar-refractivity contribution is -0.216. The van der Waals surface area contributed by atoms with Crippen molar-refractivity contribution in [3.8, 4) is 6.07 Å². The van der Waals surface area contributed by atoms with E-state index in [1.165, 1.54) is 0 Å². The minimum Gasteiger partial charge on any atom is -0.344 e. The van der Waals surface area contributed by atoms with Crippen molar-refractivity contribution in [2.75, 3.05) is 13.2 Å². The third-order valence-electron chi connectivity index (χ3n) is 1.59. The standard InChI is InChI=1S/C9H15NO3/c1-4-12-9(3,13-5-2)8(11)6-7-10/h4-6H2,1-3H3. The molecule has 74 valence electrons. The van der Waals surface area contributed by atoms with Crippen molar-refractivity contribution in [1.82, 2.24) is 0 Å². The molecule has 0 spiro atoms. The van der Waals surface area contributed by atoms with Gasteiger partial charge in [-0.2, -0.15) is 5.26 Å². The van der Waals surface area contributed by atoms with Gasteiger partial charge in [0.25, 0.3) is 0 Å². The molecule has 0 N–H and O–H groups in total. The molecule has 0 amide bonds. The Morgan fingerprint density at radius 1 is 1.38 bits per heavy atom. The van der Waals surface area contributed by atoms with E-state index in [0.717, 1.165) is 0 Å². The average Bonchev–Trinajstić information content (AvgIpc) is 2.05. The number of hydrogen-bond acceptors (Lipinski definition) is 4. The largest absolute Gasteiger partial charge is 0.344 e. The fraction of sp³-hybridized carbons (Fsp3) is 0.778. The summed E-state index contributed by atoms with van der Waals surface area (Å²) in [5.74, 6) is -1.59. The highest BCUT2D eigenvalue weighted by atomic mass is 16.7. The van der Waals surface area contributed by atoms with Crippen LogP contribution in [0.4, 0.5) is 0 Å². The van der Waals surface area contributed by atoms with Crippen molar-refractivity contribution in [1.29, 1.82) is 5.26 Å². The van der Waals surface area contributed by atoms with E-state index in [9.17, 15) is 4.79 Å². The minimum atomic E-state index is -1.25. The quantitative estimate of drug-likeness (QED) is 0.584. The predicted octanol–water partition coefficient (Wildman–Crippen LogP) is 1.26. The second-order valence-corrected chi connectivity index (χ2v) is 2.57. The fourth-order valence-electron chi connectivity index (χ4n) is 0.986. The maximum atomic E-state index is 11.4. The highest BCUT2D eigenvalue weighted by molar-refractivity contribution is 5.87. The Morgan fingerprint density at radius 2 is 1.85 bits per heavy atom. The lowest BCUT2D eigenvalue weighted by Gasteiger charge is -2.26. The van der Waals surface area contributed by atoms with Gasteiger partial charge < -0.3 is 9.47 Å². The molecule has 0 aromatic rings. The number of rotatable bonds is 6. The van der Waals surface area contributed by atoms with E-state index in [1.807, 2.05) is 0 Å². The first-order valence-corrected chi connectivity index (χ1v) is 4.28. The normalized spacial score (nSPS) is 10.9. The summed E-state index contributed by atoms with van der Waals surface area (Å²) in [6, 6.07) is 1.78. The van der Waals surface area contributed by atoms with Crippen molar-refractivity contribution in [2.24, 2.45) is 0 Å². The van der Waals surface area contributed by atoms with Crippen LogP contribution in [0.2, 0.25) is 0 Å². The molecule has 0 atom stereocenters. The number of carbonyl (C=O) groups excluding carboxylic acids is 1. The SMILES string of the molecule is CCOC(C)(OCC)C(=O)CC#N. The van der Waals surface area contributed by atoms with Gasteiger partial charge in [-0.3, -0.25) is 4.79 Å². The average molecular weight is 185 g/mol. The zero-order valence-corrected chi connectivity index (χ0v) is 8.29. The van der Waals surface area contributed by atoms with Crippen LogP contribution in [0.25, 0.3) is 0 Å². The molecule has 0 rings (SSSR count). The summed E-state index contributed by atoms with van der Waals surface area (Å²) in [4.78, 5) is 11.4. The summed E-state index contributed by atoms with van der Waals surface area (Å²) in [7, 11) is 0. The number of carbonyl (C=O) groups is 1. The van der Waals surface area contributed by atoms with Crippen LogP contribution in [-0.2, 0) is 14.3 Å². The van der Waals surface area contributed by atoms with E-state index in [2.05, 4.69) is 0 Å². The van der Waals surface area contributed by atoms with Gasteiger partial charge in [-0.15, -0.1) is 0 Å². The Bertz CT molecular complexity index is 201. The third kappa shape index (κ3) is 3.53. The Kier molecular flexibility index (Phi) is 5.28. The lowest BCUT2D eigenvalue weighted by Crippen LogP contribution is -2.41. The molecular formula is C9H15NO3. The van der Waals surface area contributed by atoms with Crippen LogP contribution >= 0.6 is 0 Å². The second-order valence-electron chi connectivity index (χ2n) is 2.57. The van der Waals surface area contributed by atoms with Gasteiger partial charge in [-0.1, -0.05) is 0 Å². The predicted molar refractivity (Wildman–Crippen MR) is 46.9 cm³/mol. The number of hydrogen-bond donors (Lipinski definition) is 0. The molecule has 0 saturated carbocycles. The molecule has 0 fully saturated rings. The first-order valence-electron chi connectivity index (χ1n) is 4.28. The molecular weight excluding hydrogens is 170 g/mol. The van der Waals surface area contributed by atoms with Gasteiger partial charge in [0.15, 0.2) is 0 Å². The van der Waals surface area contributed by atoms with E-state index in [1.54, 1.807) is 26.8 Å². The van der Waals surface area contributed by atoms with E-state index in [0.29, 0.717) is 13.2 Å². The van der Waals surface area contributed by atoms with Gasteiger partial charge in [0.2, 0.25) is 11.6 Å². The first kappa shape index (κ1) is 12.1. The summed E-state index contributed by atoms with van der Waals surface area (Å²) < 4.78 is 10.3.